The standard InChI is InChI=1S/C25H34FN5O/c1-3-27-25(29-16-20-8-11-24(28-15-20)31-12-4-5-13-31)30-18(2)21-9-10-23(22(26)14-21)32-17-19-6-7-19/h8-11,14-15,18-19H,3-7,12-13,16-17H2,1-2H3,(H2,27,29,30). The summed E-state index contributed by atoms with van der Waals surface area (Å²) in [6.07, 6.45) is 6.76. The Morgan fingerprint density at radius 2 is 2.06 bits per heavy atom. The number of aliphatic imine (C=N–C) groups is 1. The van der Waals surface area contributed by atoms with Gasteiger partial charge < -0.3 is 20.3 Å². The molecule has 1 atom stereocenters. The molecule has 2 heterocycles. The monoisotopic (exact) mass is 439 g/mol. The molecule has 1 saturated heterocycles. The predicted molar refractivity (Wildman–Crippen MR) is 127 cm³/mol. The average Bonchev–Trinajstić information content (AvgIpc) is 3.47. The average molecular weight is 440 g/mol. The Hall–Kier alpha value is -2.83. The minimum Gasteiger partial charge on any atom is -0.490 e. The van der Waals surface area contributed by atoms with E-state index in [9.17, 15) is 4.39 Å². The first kappa shape index (κ1) is 22.4. The number of guanidine groups is 1. The minimum atomic E-state index is -0.317. The second kappa shape index (κ2) is 10.7. The van der Waals surface area contributed by atoms with Crippen LogP contribution in [0.3, 0.4) is 0 Å². The van der Waals surface area contributed by atoms with E-state index in [1.165, 1.54) is 25.7 Å². The van der Waals surface area contributed by atoms with E-state index in [0.717, 1.165) is 36.6 Å². The summed E-state index contributed by atoms with van der Waals surface area (Å²) in [7, 11) is 0. The maximum Gasteiger partial charge on any atom is 0.192 e. The number of hydrogen-bond donors (Lipinski definition) is 2. The molecule has 1 saturated carbocycles. The van der Waals surface area contributed by atoms with E-state index in [-0.39, 0.29) is 11.9 Å². The Morgan fingerprint density at radius 1 is 1.25 bits per heavy atom. The van der Waals surface area contributed by atoms with Gasteiger partial charge in [0.2, 0.25) is 0 Å². The molecule has 172 valence electrons. The number of nitrogens with one attached hydrogen (secondary N) is 2. The van der Waals surface area contributed by atoms with Crippen LogP contribution >= 0.6 is 0 Å². The lowest BCUT2D eigenvalue weighted by molar-refractivity contribution is 0.285. The summed E-state index contributed by atoms with van der Waals surface area (Å²) in [6, 6.07) is 9.25. The summed E-state index contributed by atoms with van der Waals surface area (Å²) in [5.41, 5.74) is 1.91. The van der Waals surface area contributed by atoms with Gasteiger partial charge in [0.25, 0.3) is 0 Å². The minimum absolute atomic E-state index is 0.101. The Bertz CT molecular complexity index is 907. The van der Waals surface area contributed by atoms with Gasteiger partial charge in [-0.2, -0.15) is 0 Å². The summed E-state index contributed by atoms with van der Waals surface area (Å²) in [4.78, 5) is 11.6. The summed E-state index contributed by atoms with van der Waals surface area (Å²) >= 11 is 0. The van der Waals surface area contributed by atoms with Crippen LogP contribution in [-0.2, 0) is 6.54 Å². The van der Waals surface area contributed by atoms with E-state index in [2.05, 4.69) is 32.7 Å². The molecule has 1 aromatic heterocycles. The van der Waals surface area contributed by atoms with Gasteiger partial charge in [0.1, 0.15) is 5.82 Å². The van der Waals surface area contributed by atoms with Crippen molar-refractivity contribution in [3.05, 3.63) is 53.5 Å². The van der Waals surface area contributed by atoms with Gasteiger partial charge in [0.05, 0.1) is 19.2 Å². The lowest BCUT2D eigenvalue weighted by atomic mass is 10.1. The van der Waals surface area contributed by atoms with Gasteiger partial charge >= 0.3 is 0 Å². The molecule has 0 radical (unpaired) electrons. The Labute approximate surface area is 190 Å². The number of benzene rings is 1. The van der Waals surface area contributed by atoms with Gasteiger partial charge in [-0.3, -0.25) is 0 Å². The smallest absolute Gasteiger partial charge is 0.192 e. The van der Waals surface area contributed by atoms with Crippen molar-refractivity contribution in [1.29, 1.82) is 0 Å². The molecule has 1 aromatic carbocycles. The van der Waals surface area contributed by atoms with Crippen molar-refractivity contribution < 1.29 is 9.13 Å². The lowest BCUT2D eigenvalue weighted by Crippen LogP contribution is -2.38. The van der Waals surface area contributed by atoms with Gasteiger partial charge in [-0.1, -0.05) is 12.1 Å². The lowest BCUT2D eigenvalue weighted by Gasteiger charge is -2.19. The number of aromatic nitrogens is 1. The van der Waals surface area contributed by atoms with E-state index >= 15 is 0 Å². The first-order valence-electron chi connectivity index (χ1n) is 11.8. The molecule has 2 fully saturated rings. The molecular weight excluding hydrogens is 405 g/mol. The van der Waals surface area contributed by atoms with Crippen LogP contribution in [0.4, 0.5) is 10.2 Å². The SMILES string of the molecule is CCNC(=NCc1ccc(N2CCCC2)nc1)NC(C)c1ccc(OCC2CC2)c(F)c1. The van der Waals surface area contributed by atoms with Crippen LogP contribution in [0.15, 0.2) is 41.5 Å². The largest absolute Gasteiger partial charge is 0.490 e. The highest BCUT2D eigenvalue weighted by Crippen LogP contribution is 2.30. The molecule has 1 unspecified atom stereocenters. The molecule has 0 spiro atoms. The third-order valence-corrected chi connectivity index (χ3v) is 5.98. The molecule has 0 amide bonds. The summed E-state index contributed by atoms with van der Waals surface area (Å²) in [5, 5.41) is 6.64. The van der Waals surface area contributed by atoms with E-state index in [0.29, 0.717) is 30.8 Å². The van der Waals surface area contributed by atoms with Crippen LogP contribution in [0.25, 0.3) is 0 Å². The van der Waals surface area contributed by atoms with Gasteiger partial charge in [0, 0.05) is 25.8 Å². The topological polar surface area (TPSA) is 61.8 Å². The van der Waals surface area contributed by atoms with Gasteiger partial charge in [-0.25, -0.2) is 14.4 Å². The molecule has 2 N–H and O–H groups in total. The van der Waals surface area contributed by atoms with Crippen LogP contribution in [-0.4, -0.2) is 37.2 Å². The fourth-order valence-electron chi connectivity index (χ4n) is 3.82. The number of hydrogen-bond acceptors (Lipinski definition) is 4. The van der Waals surface area contributed by atoms with E-state index < -0.39 is 0 Å². The van der Waals surface area contributed by atoms with E-state index in [1.54, 1.807) is 12.1 Å². The van der Waals surface area contributed by atoms with Crippen LogP contribution in [0, 0.1) is 11.7 Å². The molecule has 1 aliphatic carbocycles. The van der Waals surface area contributed by atoms with Gasteiger partial charge in [-0.05, 0) is 74.8 Å². The second-order valence-corrected chi connectivity index (χ2v) is 8.72. The predicted octanol–water partition coefficient (Wildman–Crippen LogP) is 4.43. The highest BCUT2D eigenvalue weighted by molar-refractivity contribution is 5.80. The fraction of sp³-hybridized carbons (Fsp3) is 0.520. The quantitative estimate of drug-likeness (QED) is 0.447. The maximum absolute atomic E-state index is 14.5. The van der Waals surface area contributed by atoms with Crippen molar-refractivity contribution in [3.8, 4) is 5.75 Å². The molecule has 1 aliphatic heterocycles. The summed E-state index contributed by atoms with van der Waals surface area (Å²) < 4.78 is 20.1. The van der Waals surface area contributed by atoms with Gasteiger partial charge in [0.15, 0.2) is 17.5 Å². The van der Waals surface area contributed by atoms with E-state index in [4.69, 9.17) is 9.73 Å². The zero-order chi connectivity index (χ0) is 22.3. The third kappa shape index (κ3) is 6.11. The Balaban J connectivity index is 1.35. The zero-order valence-electron chi connectivity index (χ0n) is 19.1. The van der Waals surface area contributed by atoms with Crippen LogP contribution in [0.1, 0.15) is 56.7 Å². The number of rotatable bonds is 9. The molecule has 7 heteroatoms. The maximum atomic E-state index is 14.5. The summed E-state index contributed by atoms with van der Waals surface area (Å²) in [6.45, 7) is 8.08. The molecule has 32 heavy (non-hydrogen) atoms. The van der Waals surface area contributed by atoms with Crippen LogP contribution in [0.2, 0.25) is 0 Å². The van der Waals surface area contributed by atoms with Crippen molar-refractivity contribution in [3.63, 3.8) is 0 Å². The van der Waals surface area contributed by atoms with Crippen molar-refractivity contribution in [1.82, 2.24) is 15.6 Å². The van der Waals surface area contributed by atoms with Crippen molar-refractivity contribution >= 4 is 11.8 Å². The fourth-order valence-corrected chi connectivity index (χ4v) is 3.82. The molecule has 6 nitrogen and oxygen atoms in total. The number of halogens is 1. The van der Waals surface area contributed by atoms with Crippen molar-refractivity contribution in [2.24, 2.45) is 10.9 Å². The first-order valence-corrected chi connectivity index (χ1v) is 11.8. The molecule has 2 aliphatic rings. The number of ether oxygens (including phenoxy) is 1. The third-order valence-electron chi connectivity index (χ3n) is 5.98. The summed E-state index contributed by atoms with van der Waals surface area (Å²) in [5.74, 6) is 2.35. The van der Waals surface area contributed by atoms with Crippen molar-refractivity contribution in [2.75, 3.05) is 31.1 Å². The Morgan fingerprint density at radius 3 is 2.72 bits per heavy atom. The zero-order valence-corrected chi connectivity index (χ0v) is 19.1. The van der Waals surface area contributed by atoms with E-state index in [1.807, 2.05) is 26.1 Å². The highest BCUT2D eigenvalue weighted by atomic mass is 19.1. The molecular formula is C25H34FN5O. The molecule has 2 aromatic rings. The second-order valence-electron chi connectivity index (χ2n) is 8.72. The molecule has 4 rings (SSSR count). The van der Waals surface area contributed by atoms with Crippen molar-refractivity contribution in [2.45, 2.75) is 52.1 Å². The number of nitrogens with zero attached hydrogens (tertiary/aromatic N) is 3. The number of anilines is 1. The Kier molecular flexibility index (Phi) is 7.45. The van der Waals surface area contributed by atoms with Gasteiger partial charge in [-0.15, -0.1) is 0 Å². The van der Waals surface area contributed by atoms with Crippen LogP contribution < -0.4 is 20.3 Å². The number of pyridine rings is 1. The normalized spacial score (nSPS) is 17.3. The van der Waals surface area contributed by atoms with Crippen LogP contribution in [0.5, 0.6) is 5.75 Å². The molecule has 0 bridgehead atoms. The highest BCUT2D eigenvalue weighted by Gasteiger charge is 2.22. The first-order chi connectivity index (χ1) is 15.6.